The topological polar surface area (TPSA) is 89.1 Å². The van der Waals surface area contributed by atoms with Crippen molar-refractivity contribution in [2.24, 2.45) is 0 Å². The molecule has 0 spiro atoms. The van der Waals surface area contributed by atoms with Gasteiger partial charge in [-0.15, -0.1) is 0 Å². The Kier molecular flexibility index (Phi) is 7.72. The highest BCUT2D eigenvalue weighted by Crippen LogP contribution is 2.41. The molecule has 0 saturated heterocycles. The Morgan fingerprint density at radius 1 is 1.00 bits per heavy atom. The Morgan fingerprint density at radius 3 is 2.59 bits per heavy atom. The van der Waals surface area contributed by atoms with Gasteiger partial charge < -0.3 is 19.8 Å². The Labute approximate surface area is 236 Å². The number of benzene rings is 2. The van der Waals surface area contributed by atoms with Gasteiger partial charge in [-0.05, 0) is 49.7 Å². The van der Waals surface area contributed by atoms with Gasteiger partial charge in [0.15, 0.2) is 0 Å². The van der Waals surface area contributed by atoms with Gasteiger partial charge >= 0.3 is 0 Å². The van der Waals surface area contributed by atoms with Crippen molar-refractivity contribution in [3.05, 3.63) is 99.6 Å². The number of rotatable bonds is 8. The number of fused-ring (bicyclic) bond motifs is 1. The molecule has 7 nitrogen and oxygen atoms in total. The summed E-state index contributed by atoms with van der Waals surface area (Å²) in [6.45, 7) is 5.76. The zero-order valence-corrected chi connectivity index (χ0v) is 23.2. The number of anilines is 1. The number of pyridine rings is 2. The summed E-state index contributed by atoms with van der Waals surface area (Å²) in [7, 11) is 0. The number of H-pyrrole nitrogens is 1. The number of hydrogen-bond acceptors (Lipinski definition) is 5. The fourth-order valence-electron chi connectivity index (χ4n) is 4.40. The minimum Gasteiger partial charge on any atom is -0.487 e. The van der Waals surface area contributed by atoms with Crippen LogP contribution in [0.4, 0.5) is 5.82 Å². The number of aromatic nitrogens is 3. The van der Waals surface area contributed by atoms with Crippen molar-refractivity contribution < 1.29 is 14.3 Å². The van der Waals surface area contributed by atoms with Crippen molar-refractivity contribution in [3.63, 3.8) is 0 Å². The van der Waals surface area contributed by atoms with E-state index < -0.39 is 0 Å². The maximum atomic E-state index is 11.7. The third-order valence-electron chi connectivity index (χ3n) is 6.20. The van der Waals surface area contributed by atoms with Gasteiger partial charge in [0.25, 0.3) is 0 Å². The standard InChI is InChI=1S/C30H26Cl2N4O3/c1-17-14-34-30(36-19(3)37)27(17)22-10-11-24(31)23(28(22)32)16-39-25-9-6-8-21-26(13-18(2)35-29(21)25)38-15-20-7-4-5-12-33-20/h4-14,34H,15-16H2,1-3H3,(H,36,37). The fourth-order valence-corrected chi connectivity index (χ4v) is 4.97. The van der Waals surface area contributed by atoms with Crippen molar-refractivity contribution in [3.8, 4) is 22.6 Å². The average Bonchev–Trinajstić information content (AvgIpc) is 3.26. The summed E-state index contributed by atoms with van der Waals surface area (Å²) in [5, 5.41) is 4.56. The second kappa shape index (κ2) is 11.4. The molecule has 2 aromatic carbocycles. The van der Waals surface area contributed by atoms with Crippen molar-refractivity contribution >= 4 is 45.8 Å². The fraction of sp³-hybridized carbons (Fsp3) is 0.167. The summed E-state index contributed by atoms with van der Waals surface area (Å²) >= 11 is 13.5. The molecule has 0 atom stereocenters. The van der Waals surface area contributed by atoms with Crippen LogP contribution in [0.2, 0.25) is 10.0 Å². The molecule has 0 saturated carbocycles. The predicted molar refractivity (Wildman–Crippen MR) is 155 cm³/mol. The van der Waals surface area contributed by atoms with Crippen LogP contribution in [-0.2, 0) is 18.0 Å². The summed E-state index contributed by atoms with van der Waals surface area (Å²) in [5.41, 5.74) is 5.39. The number of para-hydroxylation sites is 1. The number of ether oxygens (including phenoxy) is 2. The first-order valence-electron chi connectivity index (χ1n) is 12.3. The van der Waals surface area contributed by atoms with E-state index in [1.807, 2.05) is 68.6 Å². The molecule has 5 rings (SSSR count). The number of nitrogens with zero attached hydrogens (tertiary/aromatic N) is 2. The van der Waals surface area contributed by atoms with Gasteiger partial charge in [-0.2, -0.15) is 0 Å². The number of halogens is 2. The van der Waals surface area contributed by atoms with Crippen LogP contribution in [0.25, 0.3) is 22.0 Å². The lowest BCUT2D eigenvalue weighted by molar-refractivity contribution is -0.114. The molecule has 3 heterocycles. The van der Waals surface area contributed by atoms with Crippen molar-refractivity contribution in [2.45, 2.75) is 34.0 Å². The molecular formula is C30H26Cl2N4O3. The first-order valence-corrected chi connectivity index (χ1v) is 13.1. The molecule has 0 aliphatic heterocycles. The molecule has 0 aliphatic carbocycles. The largest absolute Gasteiger partial charge is 0.487 e. The molecule has 0 unspecified atom stereocenters. The molecule has 5 aromatic rings. The summed E-state index contributed by atoms with van der Waals surface area (Å²) in [6, 6.07) is 16.9. The third kappa shape index (κ3) is 5.70. The molecule has 0 radical (unpaired) electrons. The molecule has 2 N–H and O–H groups in total. The molecule has 198 valence electrons. The normalized spacial score (nSPS) is 11.0. The maximum Gasteiger partial charge on any atom is 0.222 e. The monoisotopic (exact) mass is 560 g/mol. The lowest BCUT2D eigenvalue weighted by Gasteiger charge is -2.16. The van der Waals surface area contributed by atoms with E-state index >= 15 is 0 Å². The lowest BCUT2D eigenvalue weighted by atomic mass is 10.0. The van der Waals surface area contributed by atoms with Crippen molar-refractivity contribution in [1.29, 1.82) is 0 Å². The summed E-state index contributed by atoms with van der Waals surface area (Å²) in [4.78, 5) is 23.9. The third-order valence-corrected chi connectivity index (χ3v) is 6.99. The average molecular weight is 561 g/mol. The zero-order chi connectivity index (χ0) is 27.5. The SMILES string of the molecule is CC(=O)Nc1[nH]cc(C)c1-c1ccc(Cl)c(COc2cccc3c(OCc4ccccn4)cc(C)nc23)c1Cl. The van der Waals surface area contributed by atoms with E-state index in [0.717, 1.165) is 33.5 Å². The van der Waals surface area contributed by atoms with Crippen LogP contribution in [0.15, 0.2) is 67.0 Å². The molecule has 39 heavy (non-hydrogen) atoms. The van der Waals surface area contributed by atoms with Gasteiger partial charge in [0, 0.05) is 58.2 Å². The van der Waals surface area contributed by atoms with Gasteiger partial charge in [0.2, 0.25) is 5.91 Å². The van der Waals surface area contributed by atoms with Crippen LogP contribution >= 0.6 is 23.2 Å². The van der Waals surface area contributed by atoms with E-state index in [1.165, 1.54) is 6.92 Å². The Bertz CT molecular complexity index is 1670. The number of aryl methyl sites for hydroxylation is 2. The van der Waals surface area contributed by atoms with Gasteiger partial charge in [-0.1, -0.05) is 41.4 Å². The van der Waals surface area contributed by atoms with Crippen LogP contribution in [0.5, 0.6) is 11.5 Å². The number of carbonyl (C=O) groups is 1. The molecule has 0 fully saturated rings. The van der Waals surface area contributed by atoms with Crippen LogP contribution < -0.4 is 14.8 Å². The number of aromatic amines is 1. The van der Waals surface area contributed by atoms with Crippen LogP contribution in [-0.4, -0.2) is 20.9 Å². The second-order valence-corrected chi connectivity index (χ2v) is 9.89. The highest BCUT2D eigenvalue weighted by molar-refractivity contribution is 6.38. The smallest absolute Gasteiger partial charge is 0.222 e. The second-order valence-electron chi connectivity index (χ2n) is 9.10. The van der Waals surface area contributed by atoms with E-state index in [0.29, 0.717) is 45.0 Å². The molecular weight excluding hydrogens is 535 g/mol. The minimum atomic E-state index is -0.186. The van der Waals surface area contributed by atoms with Gasteiger partial charge in [0.05, 0.1) is 10.7 Å². The van der Waals surface area contributed by atoms with Crippen LogP contribution in [0.1, 0.15) is 29.4 Å². The first-order chi connectivity index (χ1) is 18.8. The van der Waals surface area contributed by atoms with Gasteiger partial charge in [-0.25, -0.2) is 4.98 Å². The molecule has 3 aromatic heterocycles. The highest BCUT2D eigenvalue weighted by atomic mass is 35.5. The lowest BCUT2D eigenvalue weighted by Crippen LogP contribution is -2.07. The van der Waals surface area contributed by atoms with E-state index in [-0.39, 0.29) is 12.5 Å². The maximum absolute atomic E-state index is 11.7. The highest BCUT2D eigenvalue weighted by Gasteiger charge is 2.19. The number of hydrogen-bond donors (Lipinski definition) is 2. The molecule has 0 bridgehead atoms. The summed E-state index contributed by atoms with van der Waals surface area (Å²) in [6.07, 6.45) is 3.56. The number of amides is 1. The Morgan fingerprint density at radius 2 is 1.82 bits per heavy atom. The van der Waals surface area contributed by atoms with Crippen molar-refractivity contribution in [2.75, 3.05) is 5.32 Å². The van der Waals surface area contributed by atoms with Crippen LogP contribution in [0, 0.1) is 13.8 Å². The summed E-state index contributed by atoms with van der Waals surface area (Å²) < 4.78 is 12.4. The quantitative estimate of drug-likeness (QED) is 0.203. The van der Waals surface area contributed by atoms with Gasteiger partial charge in [-0.3, -0.25) is 9.78 Å². The Balaban J connectivity index is 1.45. The van der Waals surface area contributed by atoms with E-state index in [2.05, 4.69) is 15.3 Å². The van der Waals surface area contributed by atoms with E-state index in [4.69, 9.17) is 37.7 Å². The zero-order valence-electron chi connectivity index (χ0n) is 21.6. The number of nitrogens with one attached hydrogen (secondary N) is 2. The Hall–Kier alpha value is -4.07. The minimum absolute atomic E-state index is 0.114. The van der Waals surface area contributed by atoms with Crippen LogP contribution in [0.3, 0.4) is 0 Å². The van der Waals surface area contributed by atoms with Gasteiger partial charge in [0.1, 0.15) is 36.0 Å². The molecule has 9 heteroatoms. The number of carbonyl (C=O) groups excluding carboxylic acids is 1. The van der Waals surface area contributed by atoms with Crippen molar-refractivity contribution in [1.82, 2.24) is 15.0 Å². The predicted octanol–water partition coefficient (Wildman–Crippen LogP) is 7.66. The molecule has 1 amide bonds. The van der Waals surface area contributed by atoms with E-state index in [1.54, 1.807) is 12.3 Å². The molecule has 0 aliphatic rings. The first kappa shape index (κ1) is 26.5. The van der Waals surface area contributed by atoms with E-state index in [9.17, 15) is 4.79 Å². The summed E-state index contributed by atoms with van der Waals surface area (Å²) in [5.74, 6) is 1.66.